The second-order valence-electron chi connectivity index (χ2n) is 4.63. The summed E-state index contributed by atoms with van der Waals surface area (Å²) in [5.74, 6) is -1.42. The Kier molecular flexibility index (Phi) is 3.27. The van der Waals surface area contributed by atoms with Crippen LogP contribution in [0.1, 0.15) is 17.0 Å². The van der Waals surface area contributed by atoms with Gasteiger partial charge in [0, 0.05) is 0 Å². The molecule has 6 nitrogen and oxygen atoms in total. The van der Waals surface area contributed by atoms with Crippen LogP contribution >= 0.6 is 12.2 Å². The highest BCUT2D eigenvalue weighted by atomic mass is 32.1. The maximum Gasteiger partial charge on any atom is 0.259 e. The molecule has 22 heavy (non-hydrogen) atoms. The van der Waals surface area contributed by atoms with Crippen molar-refractivity contribution in [1.82, 2.24) is 9.97 Å². The van der Waals surface area contributed by atoms with Crippen LogP contribution in [0, 0.1) is 21.9 Å². The van der Waals surface area contributed by atoms with Crippen molar-refractivity contribution in [3.05, 3.63) is 67.8 Å². The second kappa shape index (κ2) is 5.13. The van der Waals surface area contributed by atoms with Crippen LogP contribution in [-0.2, 0) is 0 Å². The first-order valence-corrected chi connectivity index (χ1v) is 6.61. The average molecular weight is 316 g/mol. The van der Waals surface area contributed by atoms with Crippen LogP contribution in [0.3, 0.4) is 0 Å². The molecule has 8 heteroatoms. The van der Waals surface area contributed by atoms with E-state index < -0.39 is 17.3 Å². The zero-order chi connectivity index (χ0) is 15.9. The lowest BCUT2D eigenvalue weighted by Crippen LogP contribution is -2.28. The maximum atomic E-state index is 13.5. The van der Waals surface area contributed by atoms with Crippen molar-refractivity contribution in [1.29, 1.82) is 5.26 Å². The van der Waals surface area contributed by atoms with Gasteiger partial charge in [-0.25, -0.2) is 4.39 Å². The number of rotatable bonds is 1. The van der Waals surface area contributed by atoms with Gasteiger partial charge in [0.25, 0.3) is 5.56 Å². The van der Waals surface area contributed by atoms with Gasteiger partial charge >= 0.3 is 0 Å². The molecule has 0 spiro atoms. The number of nitrogens with zero attached hydrogens (tertiary/aromatic N) is 1. The van der Waals surface area contributed by atoms with Crippen LogP contribution in [0.5, 0.6) is 5.88 Å². The summed E-state index contributed by atoms with van der Waals surface area (Å²) in [6.07, 6.45) is 0. The van der Waals surface area contributed by atoms with Gasteiger partial charge in [-0.3, -0.25) is 9.78 Å². The van der Waals surface area contributed by atoms with Gasteiger partial charge in [-0.1, -0.05) is 12.1 Å². The lowest BCUT2D eigenvalue weighted by Gasteiger charge is -2.24. The predicted octanol–water partition coefficient (Wildman–Crippen LogP) is 1.79. The SMILES string of the molecule is N#CC1=C(N)Oc2[nH]c(=S)[nH]c(=O)c2[C@@H]1c1cccc(F)c1. The number of hydrogen-bond acceptors (Lipinski definition) is 5. The molecule has 1 atom stereocenters. The molecule has 1 aromatic carbocycles. The lowest BCUT2D eigenvalue weighted by molar-refractivity contribution is 0.374. The van der Waals surface area contributed by atoms with Crippen LogP contribution in [0.4, 0.5) is 4.39 Å². The smallest absolute Gasteiger partial charge is 0.259 e. The highest BCUT2D eigenvalue weighted by Crippen LogP contribution is 2.38. The molecule has 110 valence electrons. The number of H-pyrrole nitrogens is 2. The van der Waals surface area contributed by atoms with E-state index in [0.29, 0.717) is 5.56 Å². The highest BCUT2D eigenvalue weighted by Gasteiger charge is 2.33. The summed E-state index contributed by atoms with van der Waals surface area (Å²) in [5, 5.41) is 9.33. The van der Waals surface area contributed by atoms with E-state index in [9.17, 15) is 14.4 Å². The van der Waals surface area contributed by atoms with Gasteiger partial charge in [0.2, 0.25) is 11.8 Å². The van der Waals surface area contributed by atoms with Crippen molar-refractivity contribution in [2.45, 2.75) is 5.92 Å². The summed E-state index contributed by atoms with van der Waals surface area (Å²) in [4.78, 5) is 17.3. The Bertz CT molecular complexity index is 954. The van der Waals surface area contributed by atoms with Crippen LogP contribution < -0.4 is 16.0 Å². The normalized spacial score (nSPS) is 16.6. The first-order chi connectivity index (χ1) is 10.5. The molecule has 2 heterocycles. The highest BCUT2D eigenvalue weighted by molar-refractivity contribution is 7.71. The number of aromatic amines is 2. The molecule has 0 amide bonds. The molecule has 2 aromatic rings. The largest absolute Gasteiger partial charge is 0.424 e. The Balaban J connectivity index is 2.34. The molecule has 0 aliphatic carbocycles. The van der Waals surface area contributed by atoms with E-state index in [4.69, 9.17) is 22.7 Å². The predicted molar refractivity (Wildman–Crippen MR) is 77.9 cm³/mol. The maximum absolute atomic E-state index is 13.5. The lowest BCUT2D eigenvalue weighted by atomic mass is 9.85. The van der Waals surface area contributed by atoms with Crippen LogP contribution in [0.25, 0.3) is 0 Å². The van der Waals surface area contributed by atoms with Crippen molar-refractivity contribution in [2.75, 3.05) is 0 Å². The summed E-state index contributed by atoms with van der Waals surface area (Å²) in [6, 6.07) is 7.53. The Labute approximate surface area is 128 Å². The van der Waals surface area contributed by atoms with Crippen molar-refractivity contribution in [3.63, 3.8) is 0 Å². The zero-order valence-corrected chi connectivity index (χ0v) is 11.8. The van der Waals surface area contributed by atoms with Gasteiger partial charge in [-0.05, 0) is 29.9 Å². The van der Waals surface area contributed by atoms with E-state index >= 15 is 0 Å². The summed E-state index contributed by atoms with van der Waals surface area (Å²) in [7, 11) is 0. The van der Waals surface area contributed by atoms with E-state index in [1.165, 1.54) is 18.2 Å². The molecule has 0 saturated heterocycles. The van der Waals surface area contributed by atoms with Gasteiger partial charge in [-0.2, -0.15) is 5.26 Å². The summed E-state index contributed by atoms with van der Waals surface area (Å²) < 4.78 is 18.9. The zero-order valence-electron chi connectivity index (χ0n) is 11.0. The minimum absolute atomic E-state index is 0.0362. The Hall–Kier alpha value is -2.92. The molecule has 4 N–H and O–H groups in total. The van der Waals surface area contributed by atoms with Crippen LogP contribution in [0.2, 0.25) is 0 Å². The van der Waals surface area contributed by atoms with Gasteiger partial charge < -0.3 is 15.5 Å². The third kappa shape index (κ3) is 2.17. The fraction of sp³-hybridized carbons (Fsp3) is 0.0714. The van der Waals surface area contributed by atoms with Crippen molar-refractivity contribution < 1.29 is 9.13 Å². The molecule has 1 aliphatic rings. The number of fused-ring (bicyclic) bond motifs is 1. The number of halogens is 1. The average Bonchev–Trinajstić information content (AvgIpc) is 2.45. The number of ether oxygens (including phenoxy) is 1. The molecule has 3 rings (SSSR count). The van der Waals surface area contributed by atoms with Crippen LogP contribution in [0.15, 0.2) is 40.5 Å². The van der Waals surface area contributed by atoms with Crippen molar-refractivity contribution in [2.24, 2.45) is 5.73 Å². The third-order valence-corrected chi connectivity index (χ3v) is 3.50. The number of allylic oxidation sites excluding steroid dienone is 1. The molecule has 1 aliphatic heterocycles. The van der Waals surface area contributed by atoms with Crippen molar-refractivity contribution in [3.8, 4) is 11.9 Å². The van der Waals surface area contributed by atoms with Gasteiger partial charge in [0.05, 0.1) is 11.5 Å². The summed E-state index contributed by atoms with van der Waals surface area (Å²) in [6.45, 7) is 0. The number of nitriles is 1. The fourth-order valence-corrected chi connectivity index (χ4v) is 2.59. The summed E-state index contributed by atoms with van der Waals surface area (Å²) in [5.41, 5.74) is 5.81. The third-order valence-electron chi connectivity index (χ3n) is 3.30. The Morgan fingerprint density at radius 1 is 1.41 bits per heavy atom. The Morgan fingerprint density at radius 3 is 2.86 bits per heavy atom. The van der Waals surface area contributed by atoms with E-state index in [1.807, 2.05) is 6.07 Å². The Morgan fingerprint density at radius 2 is 2.18 bits per heavy atom. The molecule has 0 saturated carbocycles. The number of aromatic nitrogens is 2. The molecule has 0 bridgehead atoms. The molecule has 0 radical (unpaired) electrons. The number of benzene rings is 1. The van der Waals surface area contributed by atoms with E-state index in [-0.39, 0.29) is 27.7 Å². The van der Waals surface area contributed by atoms with Crippen LogP contribution in [-0.4, -0.2) is 9.97 Å². The standard InChI is InChI=1S/C14H9FN4O2S/c15-7-3-1-2-6(4-7)9-8(5-16)11(17)21-13-10(9)12(20)18-14(22)19-13/h1-4,9H,17H2,(H2,18,19,20,22)/t9-/m1/s1. The monoisotopic (exact) mass is 316 g/mol. The molecule has 0 fully saturated rings. The van der Waals surface area contributed by atoms with Gasteiger partial charge in [0.15, 0.2) is 4.77 Å². The number of nitrogens with two attached hydrogens (primary N) is 1. The summed E-state index contributed by atoms with van der Waals surface area (Å²) >= 11 is 4.88. The van der Waals surface area contributed by atoms with E-state index in [0.717, 1.165) is 0 Å². The first kappa shape index (κ1) is 14.0. The quantitative estimate of drug-likeness (QED) is 0.695. The van der Waals surface area contributed by atoms with Gasteiger partial charge in [0.1, 0.15) is 17.5 Å². The van der Waals surface area contributed by atoms with Gasteiger partial charge in [-0.15, -0.1) is 0 Å². The molecule has 0 unspecified atom stereocenters. The topological polar surface area (TPSA) is 108 Å². The minimum atomic E-state index is -0.833. The van der Waals surface area contributed by atoms with Crippen molar-refractivity contribution >= 4 is 12.2 Å². The number of nitrogens with one attached hydrogen (secondary N) is 2. The number of hydrogen-bond donors (Lipinski definition) is 3. The van der Waals surface area contributed by atoms with E-state index in [1.54, 1.807) is 6.07 Å². The minimum Gasteiger partial charge on any atom is -0.424 e. The fourth-order valence-electron chi connectivity index (χ4n) is 2.41. The molecular formula is C14H9FN4O2S. The molecule has 1 aromatic heterocycles. The first-order valence-electron chi connectivity index (χ1n) is 6.21. The second-order valence-corrected chi connectivity index (χ2v) is 5.04. The molecular weight excluding hydrogens is 307 g/mol. The van der Waals surface area contributed by atoms with E-state index in [2.05, 4.69) is 9.97 Å².